The molecule has 0 fully saturated rings. The van der Waals surface area contributed by atoms with Crippen LogP contribution in [-0.2, 0) is 19.4 Å². The van der Waals surface area contributed by atoms with Gasteiger partial charge in [0.15, 0.2) is 0 Å². The van der Waals surface area contributed by atoms with Gasteiger partial charge in [0.1, 0.15) is 0 Å². The Kier molecular flexibility index (Phi) is 20.1. The summed E-state index contributed by atoms with van der Waals surface area (Å²) < 4.78 is 35.9. The Morgan fingerprint density at radius 3 is 1.65 bits per heavy atom. The third-order valence-corrected chi connectivity index (χ3v) is 7.50. The van der Waals surface area contributed by atoms with Crippen molar-refractivity contribution in [3.8, 4) is 0 Å². The molecule has 6 nitrogen and oxygen atoms in total. The number of hydrogen-bond donors (Lipinski definition) is 2. The van der Waals surface area contributed by atoms with Crippen LogP contribution in [0.5, 0.6) is 0 Å². The molecule has 0 bridgehead atoms. The molecule has 0 radical (unpaired) electrons. The Morgan fingerprint density at radius 1 is 0.794 bits per heavy atom. The Bertz CT molecular complexity index is 592. The fourth-order valence-corrected chi connectivity index (χ4v) is 5.38. The summed E-state index contributed by atoms with van der Waals surface area (Å²) in [6, 6.07) is 0. The SMILES string of the molecule is CCCCCCCCCCCCCCCCCC(=O)NCCCC(CC)C(C)(C)OS(=O)(=O)O. The Labute approximate surface area is 211 Å². The molecule has 0 aliphatic rings. The van der Waals surface area contributed by atoms with Gasteiger partial charge < -0.3 is 5.32 Å². The first-order valence-electron chi connectivity index (χ1n) is 14.1. The van der Waals surface area contributed by atoms with Crippen LogP contribution in [0.2, 0.25) is 0 Å². The van der Waals surface area contributed by atoms with E-state index in [9.17, 15) is 13.2 Å². The largest absolute Gasteiger partial charge is 0.397 e. The predicted octanol–water partition coefficient (Wildman–Crippen LogP) is 7.77. The standard InChI is InChI=1S/C27H55NO5S/c1-5-7-8-9-10-11-12-13-14-15-16-17-18-19-20-23-26(29)28-24-21-22-25(6-2)27(3,4)33-34(30,31)32/h25H,5-24H2,1-4H3,(H,28,29)(H,30,31,32). The van der Waals surface area contributed by atoms with Gasteiger partial charge in [-0.05, 0) is 39.0 Å². The highest BCUT2D eigenvalue weighted by atomic mass is 32.3. The highest BCUT2D eigenvalue weighted by molar-refractivity contribution is 7.80. The van der Waals surface area contributed by atoms with Crippen LogP contribution in [0, 0.1) is 5.92 Å². The summed E-state index contributed by atoms with van der Waals surface area (Å²) in [6.07, 6.45) is 22.5. The van der Waals surface area contributed by atoms with Gasteiger partial charge in [0.25, 0.3) is 0 Å². The van der Waals surface area contributed by atoms with E-state index in [1.807, 2.05) is 6.92 Å². The van der Waals surface area contributed by atoms with Gasteiger partial charge in [0, 0.05) is 13.0 Å². The molecular formula is C27H55NO5S. The van der Waals surface area contributed by atoms with Gasteiger partial charge in [-0.2, -0.15) is 8.42 Å². The normalized spacial score (nSPS) is 13.2. The van der Waals surface area contributed by atoms with E-state index >= 15 is 0 Å². The summed E-state index contributed by atoms with van der Waals surface area (Å²) in [4.78, 5) is 12.0. The smallest absolute Gasteiger partial charge is 0.356 e. The highest BCUT2D eigenvalue weighted by Crippen LogP contribution is 2.29. The van der Waals surface area contributed by atoms with Crippen molar-refractivity contribution >= 4 is 16.3 Å². The van der Waals surface area contributed by atoms with Crippen molar-refractivity contribution in [1.29, 1.82) is 0 Å². The Hall–Kier alpha value is -0.660. The van der Waals surface area contributed by atoms with Crippen molar-refractivity contribution in [3.05, 3.63) is 0 Å². The van der Waals surface area contributed by atoms with Crippen molar-refractivity contribution in [2.24, 2.45) is 5.92 Å². The van der Waals surface area contributed by atoms with E-state index in [1.165, 1.54) is 83.5 Å². The molecule has 0 saturated heterocycles. The lowest BCUT2D eigenvalue weighted by molar-refractivity contribution is -0.121. The molecule has 1 amide bonds. The fraction of sp³-hybridized carbons (Fsp3) is 0.963. The molecule has 0 rings (SSSR count). The second-order valence-corrected chi connectivity index (χ2v) is 11.4. The first-order chi connectivity index (χ1) is 16.1. The van der Waals surface area contributed by atoms with Crippen LogP contribution in [-0.4, -0.2) is 31.0 Å². The van der Waals surface area contributed by atoms with Gasteiger partial charge in [0.2, 0.25) is 5.91 Å². The number of carbonyl (C=O) groups excluding carboxylic acids is 1. The maximum Gasteiger partial charge on any atom is 0.397 e. The minimum absolute atomic E-state index is 0.0260. The van der Waals surface area contributed by atoms with Gasteiger partial charge in [-0.1, -0.05) is 110 Å². The molecule has 0 aromatic carbocycles. The maximum absolute atomic E-state index is 12.0. The fourth-order valence-electron chi connectivity index (χ4n) is 4.70. The minimum atomic E-state index is -4.48. The molecule has 7 heteroatoms. The lowest BCUT2D eigenvalue weighted by Crippen LogP contribution is -2.37. The number of unbranched alkanes of at least 4 members (excludes halogenated alkanes) is 14. The summed E-state index contributed by atoms with van der Waals surface area (Å²) in [5.74, 6) is 0.0677. The lowest BCUT2D eigenvalue weighted by Gasteiger charge is -2.32. The number of nitrogens with one attached hydrogen (secondary N) is 1. The summed E-state index contributed by atoms with van der Waals surface area (Å²) >= 11 is 0. The van der Waals surface area contributed by atoms with Crippen LogP contribution in [0.3, 0.4) is 0 Å². The molecule has 1 atom stereocenters. The molecule has 34 heavy (non-hydrogen) atoms. The number of amides is 1. The molecule has 0 aromatic rings. The van der Waals surface area contributed by atoms with E-state index < -0.39 is 16.0 Å². The molecular weight excluding hydrogens is 450 g/mol. The first kappa shape index (κ1) is 33.3. The van der Waals surface area contributed by atoms with Gasteiger partial charge in [0.05, 0.1) is 5.60 Å². The molecule has 0 aliphatic heterocycles. The molecule has 204 valence electrons. The average molecular weight is 506 g/mol. The molecule has 2 N–H and O–H groups in total. The van der Waals surface area contributed by atoms with Crippen molar-refractivity contribution < 1.29 is 21.9 Å². The second-order valence-electron chi connectivity index (χ2n) is 10.4. The van der Waals surface area contributed by atoms with Crippen LogP contribution in [0.4, 0.5) is 0 Å². The van der Waals surface area contributed by atoms with Gasteiger partial charge in [-0.3, -0.25) is 9.35 Å². The maximum atomic E-state index is 12.0. The van der Waals surface area contributed by atoms with Crippen LogP contribution in [0.1, 0.15) is 150 Å². The Balaban J connectivity index is 3.58. The highest BCUT2D eigenvalue weighted by Gasteiger charge is 2.33. The predicted molar refractivity (Wildman–Crippen MR) is 142 cm³/mol. The van der Waals surface area contributed by atoms with Crippen molar-refractivity contribution in [1.82, 2.24) is 5.32 Å². The molecule has 0 spiro atoms. The van der Waals surface area contributed by atoms with E-state index in [2.05, 4.69) is 12.2 Å². The van der Waals surface area contributed by atoms with Gasteiger partial charge in [-0.25, -0.2) is 4.18 Å². The van der Waals surface area contributed by atoms with Gasteiger partial charge >= 0.3 is 10.4 Å². The van der Waals surface area contributed by atoms with Crippen LogP contribution in [0.25, 0.3) is 0 Å². The van der Waals surface area contributed by atoms with E-state index in [1.54, 1.807) is 13.8 Å². The topological polar surface area (TPSA) is 92.7 Å². The second kappa shape index (κ2) is 20.5. The van der Waals surface area contributed by atoms with Crippen LogP contribution < -0.4 is 5.32 Å². The number of hydrogen-bond acceptors (Lipinski definition) is 4. The van der Waals surface area contributed by atoms with Crippen molar-refractivity contribution in [2.75, 3.05) is 6.54 Å². The quantitative estimate of drug-likeness (QED) is 0.103. The first-order valence-corrected chi connectivity index (χ1v) is 15.4. The zero-order valence-electron chi connectivity index (χ0n) is 22.7. The lowest BCUT2D eigenvalue weighted by atomic mass is 9.85. The zero-order chi connectivity index (χ0) is 25.7. The minimum Gasteiger partial charge on any atom is -0.356 e. The summed E-state index contributed by atoms with van der Waals surface area (Å²) in [5, 5.41) is 2.96. The summed E-state index contributed by atoms with van der Waals surface area (Å²) in [6.45, 7) is 8.15. The van der Waals surface area contributed by atoms with E-state index in [-0.39, 0.29) is 11.8 Å². The molecule has 0 aliphatic carbocycles. The van der Waals surface area contributed by atoms with E-state index in [4.69, 9.17) is 8.74 Å². The Morgan fingerprint density at radius 2 is 1.24 bits per heavy atom. The third-order valence-electron chi connectivity index (χ3n) is 6.85. The monoisotopic (exact) mass is 505 g/mol. The van der Waals surface area contributed by atoms with E-state index in [0.29, 0.717) is 13.0 Å². The molecule has 0 heterocycles. The number of carbonyl (C=O) groups is 1. The average Bonchev–Trinajstić information content (AvgIpc) is 2.74. The summed E-state index contributed by atoms with van der Waals surface area (Å²) in [5.41, 5.74) is -0.972. The van der Waals surface area contributed by atoms with Crippen molar-refractivity contribution in [2.45, 2.75) is 155 Å². The van der Waals surface area contributed by atoms with Crippen LogP contribution in [0.15, 0.2) is 0 Å². The summed E-state index contributed by atoms with van der Waals surface area (Å²) in [7, 11) is -4.48. The van der Waals surface area contributed by atoms with Crippen LogP contribution >= 0.6 is 0 Å². The van der Waals surface area contributed by atoms with Gasteiger partial charge in [-0.15, -0.1) is 0 Å². The zero-order valence-corrected chi connectivity index (χ0v) is 23.5. The van der Waals surface area contributed by atoms with Crippen molar-refractivity contribution in [3.63, 3.8) is 0 Å². The molecule has 0 saturated carbocycles. The third kappa shape index (κ3) is 20.7. The molecule has 0 aromatic heterocycles. The van der Waals surface area contributed by atoms with E-state index in [0.717, 1.165) is 32.1 Å². The number of rotatable bonds is 24. The molecule has 1 unspecified atom stereocenters.